The first kappa shape index (κ1) is 12.3. The van der Waals surface area contributed by atoms with E-state index < -0.39 is 0 Å². The zero-order valence-corrected chi connectivity index (χ0v) is 12.2. The maximum Gasteiger partial charge on any atom is 0.0897 e. The van der Waals surface area contributed by atoms with Gasteiger partial charge in [-0.15, -0.1) is 22.7 Å². The lowest BCUT2D eigenvalue weighted by Crippen LogP contribution is -2.24. The van der Waals surface area contributed by atoms with E-state index in [1.807, 2.05) is 11.3 Å². The summed E-state index contributed by atoms with van der Waals surface area (Å²) >= 11 is 3.62. The van der Waals surface area contributed by atoms with Crippen LogP contribution in [0.1, 0.15) is 34.5 Å². The summed E-state index contributed by atoms with van der Waals surface area (Å²) in [5.41, 5.74) is 1.23. The third-order valence-electron chi connectivity index (χ3n) is 3.36. The van der Waals surface area contributed by atoms with Crippen LogP contribution in [-0.2, 0) is 6.42 Å². The van der Waals surface area contributed by atoms with Gasteiger partial charge >= 0.3 is 0 Å². The molecule has 4 heteroatoms. The number of nitrogens with zero attached hydrogens (tertiary/aromatic N) is 1. The average molecular weight is 278 g/mol. The van der Waals surface area contributed by atoms with E-state index in [1.165, 1.54) is 28.4 Å². The Kier molecular flexibility index (Phi) is 3.77. The topological polar surface area (TPSA) is 24.9 Å². The Balaban J connectivity index is 1.54. The number of rotatable bonds is 6. The summed E-state index contributed by atoms with van der Waals surface area (Å²) < 4.78 is 0. The van der Waals surface area contributed by atoms with Gasteiger partial charge in [-0.2, -0.15) is 0 Å². The lowest BCUT2D eigenvalue weighted by molar-refractivity contribution is 0.490. The summed E-state index contributed by atoms with van der Waals surface area (Å²) in [5, 5.41) is 9.24. The molecule has 0 amide bonds. The quantitative estimate of drug-likeness (QED) is 0.869. The van der Waals surface area contributed by atoms with E-state index in [0.717, 1.165) is 18.9 Å². The van der Waals surface area contributed by atoms with Crippen molar-refractivity contribution in [2.45, 2.75) is 32.2 Å². The first-order valence-electron chi connectivity index (χ1n) is 6.51. The molecular weight excluding hydrogens is 260 g/mol. The highest BCUT2D eigenvalue weighted by Crippen LogP contribution is 2.42. The second kappa shape index (κ2) is 5.51. The Hall–Kier alpha value is -0.710. The van der Waals surface area contributed by atoms with E-state index in [4.69, 9.17) is 0 Å². The molecule has 3 rings (SSSR count). The average Bonchev–Trinajstić information content (AvgIpc) is 2.88. The number of hydrogen-bond acceptors (Lipinski definition) is 4. The molecule has 0 aromatic carbocycles. The Labute approximate surface area is 116 Å². The molecule has 1 N–H and O–H groups in total. The van der Waals surface area contributed by atoms with Gasteiger partial charge in [-0.25, -0.2) is 4.98 Å². The highest BCUT2D eigenvalue weighted by Gasteiger charge is 2.32. The van der Waals surface area contributed by atoms with Crippen molar-refractivity contribution in [3.8, 4) is 0 Å². The van der Waals surface area contributed by atoms with E-state index in [-0.39, 0.29) is 0 Å². The highest BCUT2D eigenvalue weighted by molar-refractivity contribution is 7.10. The van der Waals surface area contributed by atoms with Crippen LogP contribution in [0.2, 0.25) is 0 Å². The maximum atomic E-state index is 4.51. The molecule has 2 heterocycles. The van der Waals surface area contributed by atoms with E-state index in [1.54, 1.807) is 11.3 Å². The van der Waals surface area contributed by atoms with Crippen molar-refractivity contribution in [2.24, 2.45) is 5.92 Å². The van der Waals surface area contributed by atoms with Crippen molar-refractivity contribution < 1.29 is 0 Å². The number of nitrogens with one attached hydrogen (secondary N) is 1. The zero-order valence-electron chi connectivity index (χ0n) is 10.6. The summed E-state index contributed by atoms with van der Waals surface area (Å²) in [6, 6.07) is 4.99. The van der Waals surface area contributed by atoms with Crippen molar-refractivity contribution in [3.05, 3.63) is 38.5 Å². The van der Waals surface area contributed by atoms with Gasteiger partial charge in [0.25, 0.3) is 0 Å². The first-order chi connectivity index (χ1) is 8.83. The van der Waals surface area contributed by atoms with Crippen molar-refractivity contribution in [3.63, 3.8) is 0 Å². The van der Waals surface area contributed by atoms with Gasteiger partial charge in [-0.3, -0.25) is 0 Å². The predicted molar refractivity (Wildman–Crippen MR) is 78.3 cm³/mol. The van der Waals surface area contributed by atoms with E-state index in [9.17, 15) is 0 Å². The van der Waals surface area contributed by atoms with Crippen LogP contribution in [0.3, 0.4) is 0 Å². The molecule has 0 saturated heterocycles. The molecule has 0 bridgehead atoms. The minimum absolute atomic E-state index is 0.574. The molecule has 2 aromatic rings. The third kappa shape index (κ3) is 2.99. The molecule has 0 spiro atoms. The highest BCUT2D eigenvalue weighted by atomic mass is 32.1. The Bertz CT molecular complexity index is 486. The van der Waals surface area contributed by atoms with Gasteiger partial charge in [0.15, 0.2) is 0 Å². The SMILES string of the molecule is Cc1nc(CCNC(c2cccs2)C2CC2)cs1. The molecule has 1 aliphatic carbocycles. The standard InChI is InChI=1S/C14H18N2S2/c1-10-16-12(9-18-10)6-7-15-14(11-4-5-11)13-3-2-8-17-13/h2-3,8-9,11,14-15H,4-7H2,1H3. The van der Waals surface area contributed by atoms with Crippen LogP contribution in [0.25, 0.3) is 0 Å². The first-order valence-corrected chi connectivity index (χ1v) is 8.26. The molecular formula is C14H18N2S2. The van der Waals surface area contributed by atoms with Crippen molar-refractivity contribution in [1.82, 2.24) is 10.3 Å². The van der Waals surface area contributed by atoms with Gasteiger partial charge < -0.3 is 5.32 Å². The summed E-state index contributed by atoms with van der Waals surface area (Å²) in [7, 11) is 0. The van der Waals surface area contributed by atoms with Crippen molar-refractivity contribution in [2.75, 3.05) is 6.54 Å². The zero-order chi connectivity index (χ0) is 12.4. The fourth-order valence-electron chi connectivity index (χ4n) is 2.28. The predicted octanol–water partition coefficient (Wildman–Crippen LogP) is 3.80. The summed E-state index contributed by atoms with van der Waals surface area (Å²) in [6.07, 6.45) is 3.80. The molecule has 1 unspecified atom stereocenters. The Morgan fingerprint density at radius 1 is 1.44 bits per heavy atom. The lowest BCUT2D eigenvalue weighted by atomic mass is 10.1. The number of thiophene rings is 1. The lowest BCUT2D eigenvalue weighted by Gasteiger charge is -2.16. The molecule has 96 valence electrons. The van der Waals surface area contributed by atoms with Crippen LogP contribution in [0.15, 0.2) is 22.9 Å². The Morgan fingerprint density at radius 2 is 2.33 bits per heavy atom. The number of hydrogen-bond donors (Lipinski definition) is 1. The maximum absolute atomic E-state index is 4.51. The van der Waals surface area contributed by atoms with Crippen LogP contribution in [0.4, 0.5) is 0 Å². The van der Waals surface area contributed by atoms with Gasteiger partial charge in [0.1, 0.15) is 0 Å². The molecule has 0 radical (unpaired) electrons. The molecule has 2 aromatic heterocycles. The monoisotopic (exact) mass is 278 g/mol. The summed E-state index contributed by atoms with van der Waals surface area (Å²) in [4.78, 5) is 6.00. The largest absolute Gasteiger partial charge is 0.309 e. The van der Waals surface area contributed by atoms with Gasteiger partial charge in [0, 0.05) is 29.3 Å². The van der Waals surface area contributed by atoms with E-state index >= 15 is 0 Å². The van der Waals surface area contributed by atoms with Gasteiger partial charge in [0.2, 0.25) is 0 Å². The van der Waals surface area contributed by atoms with Gasteiger partial charge in [0.05, 0.1) is 10.7 Å². The van der Waals surface area contributed by atoms with Crippen LogP contribution in [0.5, 0.6) is 0 Å². The smallest absolute Gasteiger partial charge is 0.0897 e. The third-order valence-corrected chi connectivity index (χ3v) is 5.13. The minimum atomic E-state index is 0.574. The van der Waals surface area contributed by atoms with Gasteiger partial charge in [-0.05, 0) is 37.1 Å². The van der Waals surface area contributed by atoms with Crippen LogP contribution in [-0.4, -0.2) is 11.5 Å². The fourth-order valence-corrected chi connectivity index (χ4v) is 3.82. The summed E-state index contributed by atoms with van der Waals surface area (Å²) in [6.45, 7) is 3.10. The number of aryl methyl sites for hydroxylation is 1. The second-order valence-corrected chi connectivity index (χ2v) is 6.93. The molecule has 0 aliphatic heterocycles. The Morgan fingerprint density at radius 3 is 2.94 bits per heavy atom. The number of thiazole rings is 1. The number of aromatic nitrogens is 1. The van der Waals surface area contributed by atoms with Crippen LogP contribution < -0.4 is 5.32 Å². The molecule has 18 heavy (non-hydrogen) atoms. The summed E-state index contributed by atoms with van der Waals surface area (Å²) in [5.74, 6) is 0.862. The van der Waals surface area contributed by atoms with Crippen molar-refractivity contribution >= 4 is 22.7 Å². The van der Waals surface area contributed by atoms with Crippen molar-refractivity contribution in [1.29, 1.82) is 0 Å². The van der Waals surface area contributed by atoms with E-state index in [2.05, 4.69) is 40.1 Å². The molecule has 1 saturated carbocycles. The molecule has 2 nitrogen and oxygen atoms in total. The molecule has 1 atom stereocenters. The van der Waals surface area contributed by atoms with Crippen LogP contribution >= 0.6 is 22.7 Å². The van der Waals surface area contributed by atoms with E-state index in [0.29, 0.717) is 6.04 Å². The molecule has 1 aliphatic rings. The fraction of sp³-hybridized carbons (Fsp3) is 0.500. The molecule has 1 fully saturated rings. The van der Waals surface area contributed by atoms with Gasteiger partial charge in [-0.1, -0.05) is 6.07 Å². The second-order valence-electron chi connectivity index (χ2n) is 4.89. The normalized spacial score (nSPS) is 16.9. The minimum Gasteiger partial charge on any atom is -0.309 e. The van der Waals surface area contributed by atoms with Crippen LogP contribution in [0, 0.1) is 12.8 Å².